The number of aromatic hydroxyl groups is 1. The number of amides is 2. The second-order valence-corrected chi connectivity index (χ2v) is 8.62. The minimum atomic E-state index is -4.21. The molecule has 1 aromatic carbocycles. The Morgan fingerprint density at radius 2 is 2.00 bits per heavy atom. The Labute approximate surface area is 162 Å². The van der Waals surface area contributed by atoms with Crippen LogP contribution in [-0.4, -0.2) is 45.0 Å². The van der Waals surface area contributed by atoms with Crippen molar-refractivity contribution in [3.63, 3.8) is 0 Å². The molecule has 3 rings (SSSR count). The van der Waals surface area contributed by atoms with Gasteiger partial charge in [0, 0.05) is 25.6 Å². The highest BCUT2D eigenvalue weighted by atomic mass is 32.2. The largest absolute Gasteiger partial charge is 0.506 e. The Hall–Kier alpha value is -2.40. The van der Waals surface area contributed by atoms with E-state index in [1.54, 1.807) is 11.8 Å². The molecule has 0 aromatic heterocycles. The fourth-order valence-corrected chi connectivity index (χ4v) is 4.83. The highest BCUT2D eigenvalue weighted by molar-refractivity contribution is 7.92. The number of hydrogen-bond acceptors (Lipinski definition) is 6. The maximum absolute atomic E-state index is 14.5. The van der Waals surface area contributed by atoms with Crippen molar-refractivity contribution in [1.29, 1.82) is 0 Å². The lowest BCUT2D eigenvalue weighted by Gasteiger charge is -2.28. The minimum Gasteiger partial charge on any atom is -0.506 e. The fourth-order valence-electron chi connectivity index (χ4n) is 3.66. The van der Waals surface area contributed by atoms with Gasteiger partial charge in [-0.2, -0.15) is 8.42 Å². The normalized spacial score (nSPS) is 24.1. The van der Waals surface area contributed by atoms with Crippen LogP contribution in [0.3, 0.4) is 0 Å². The van der Waals surface area contributed by atoms with Crippen LogP contribution in [0.4, 0.5) is 10.1 Å². The van der Waals surface area contributed by atoms with E-state index >= 15 is 0 Å². The van der Waals surface area contributed by atoms with Crippen LogP contribution in [0, 0.1) is 11.7 Å². The van der Waals surface area contributed by atoms with E-state index in [1.807, 2.05) is 0 Å². The number of phenols is 1. The van der Waals surface area contributed by atoms with Gasteiger partial charge in [0.15, 0.2) is 5.82 Å². The van der Waals surface area contributed by atoms with Gasteiger partial charge in [0.1, 0.15) is 18.0 Å². The number of benzene rings is 1. The lowest BCUT2D eigenvalue weighted by atomic mass is 9.85. The van der Waals surface area contributed by atoms with Crippen molar-refractivity contribution >= 4 is 27.7 Å². The maximum Gasteiger partial charge on any atom is 0.326 e. The van der Waals surface area contributed by atoms with E-state index in [4.69, 9.17) is 0 Å². The van der Waals surface area contributed by atoms with Crippen molar-refractivity contribution in [2.24, 2.45) is 5.92 Å². The van der Waals surface area contributed by atoms with Gasteiger partial charge in [-0.3, -0.25) is 9.59 Å². The van der Waals surface area contributed by atoms with Crippen LogP contribution < -0.4 is 19.7 Å². The highest BCUT2D eigenvalue weighted by Crippen LogP contribution is 2.34. The number of halogens is 1. The molecule has 11 heteroatoms. The molecule has 1 heterocycles. The van der Waals surface area contributed by atoms with E-state index in [0.717, 1.165) is 31.7 Å². The van der Waals surface area contributed by atoms with Gasteiger partial charge in [0.05, 0.1) is 0 Å². The highest BCUT2D eigenvalue weighted by Gasteiger charge is 2.37. The fraction of sp³-hybridized carbons (Fsp3) is 0.529. The third-order valence-electron chi connectivity index (χ3n) is 5.11. The van der Waals surface area contributed by atoms with Crippen LogP contribution >= 0.6 is 0 Å². The lowest BCUT2D eigenvalue weighted by Crippen LogP contribution is -2.37. The first-order chi connectivity index (χ1) is 13.2. The maximum atomic E-state index is 14.5. The monoisotopic (exact) mass is 414 g/mol. The molecule has 0 radical (unpaired) electrons. The minimum absolute atomic E-state index is 0.0163. The van der Waals surface area contributed by atoms with E-state index < -0.39 is 39.9 Å². The molecule has 1 aliphatic heterocycles. The van der Waals surface area contributed by atoms with E-state index in [0.29, 0.717) is 9.87 Å². The predicted octanol–water partition coefficient (Wildman–Crippen LogP) is 0.107. The molecule has 1 aromatic rings. The molecule has 0 bridgehead atoms. The molecule has 4 N–H and O–H groups in total. The molecule has 9 nitrogen and oxygen atoms in total. The average Bonchev–Trinajstić information content (AvgIpc) is 2.91. The van der Waals surface area contributed by atoms with Gasteiger partial charge in [0.25, 0.3) is 5.91 Å². The van der Waals surface area contributed by atoms with Gasteiger partial charge in [0.2, 0.25) is 5.91 Å². The number of carbonyl (C=O) groups excluding carboxylic acids is 2. The molecular weight excluding hydrogens is 391 g/mol. The third kappa shape index (κ3) is 4.20. The lowest BCUT2D eigenvalue weighted by molar-refractivity contribution is -0.125. The molecule has 0 spiro atoms. The number of carbonyl (C=O) groups is 2. The molecule has 1 aliphatic carbocycles. The predicted molar refractivity (Wildman–Crippen MR) is 99.1 cm³/mol. The smallest absolute Gasteiger partial charge is 0.326 e. The van der Waals surface area contributed by atoms with Crippen LogP contribution in [0.25, 0.3) is 0 Å². The first-order valence-corrected chi connectivity index (χ1v) is 10.4. The van der Waals surface area contributed by atoms with E-state index in [2.05, 4.69) is 10.6 Å². The van der Waals surface area contributed by atoms with E-state index in [9.17, 15) is 27.5 Å². The van der Waals surface area contributed by atoms with Crippen molar-refractivity contribution < 1.29 is 27.5 Å². The standard InChI is InChI=1S/C17H23FN4O5S/c1-19-17(25)11-2-4-12(5-3-11)20-8-10-6-13(18)16(14(23)7-10)22-9-15(24)21-28(22,26)27/h6-7,11-12,20,23H,2-5,8-9H2,1H3,(H,19,25)(H,21,24). The SMILES string of the molecule is CNC(=O)C1CCC(NCc2cc(O)c(N3CC(=O)NS3(=O)=O)c(F)c2)CC1. The molecular formula is C17H23FN4O5S. The second kappa shape index (κ2) is 7.92. The van der Waals surface area contributed by atoms with Gasteiger partial charge in [-0.1, -0.05) is 0 Å². The van der Waals surface area contributed by atoms with Gasteiger partial charge < -0.3 is 15.7 Å². The van der Waals surface area contributed by atoms with Crippen molar-refractivity contribution in [2.75, 3.05) is 17.9 Å². The Morgan fingerprint density at radius 1 is 1.32 bits per heavy atom. The zero-order valence-electron chi connectivity index (χ0n) is 15.4. The number of phenolic OH excluding ortho intramolecular Hbond substituents is 1. The van der Waals surface area contributed by atoms with Gasteiger partial charge in [-0.15, -0.1) is 0 Å². The number of rotatable bonds is 5. The zero-order valence-corrected chi connectivity index (χ0v) is 16.2. The van der Waals surface area contributed by atoms with E-state index in [-0.39, 0.29) is 24.4 Å². The number of nitrogens with one attached hydrogen (secondary N) is 3. The molecule has 1 saturated carbocycles. The average molecular weight is 414 g/mol. The molecule has 154 valence electrons. The molecule has 2 amide bonds. The summed E-state index contributed by atoms with van der Waals surface area (Å²) in [6.45, 7) is -0.303. The molecule has 0 unspecified atom stereocenters. The molecule has 0 atom stereocenters. The Balaban J connectivity index is 1.64. The summed E-state index contributed by atoms with van der Waals surface area (Å²) in [5, 5.41) is 16.1. The summed E-state index contributed by atoms with van der Waals surface area (Å²) in [5.41, 5.74) is -0.101. The molecule has 1 saturated heterocycles. The number of nitrogens with zero attached hydrogens (tertiary/aromatic N) is 1. The number of hydrogen-bond donors (Lipinski definition) is 4. The second-order valence-electron chi connectivity index (χ2n) is 7.03. The summed E-state index contributed by atoms with van der Waals surface area (Å²) in [6, 6.07) is 2.59. The Kier molecular flexibility index (Phi) is 5.75. The first kappa shape index (κ1) is 20.3. The summed E-state index contributed by atoms with van der Waals surface area (Å²) in [6.07, 6.45) is 3.16. The van der Waals surface area contributed by atoms with Gasteiger partial charge >= 0.3 is 10.2 Å². The summed E-state index contributed by atoms with van der Waals surface area (Å²) < 4.78 is 40.5. The van der Waals surface area contributed by atoms with Crippen LogP contribution in [0.5, 0.6) is 5.75 Å². The quantitative estimate of drug-likeness (QED) is 0.541. The van der Waals surface area contributed by atoms with Crippen molar-refractivity contribution in [2.45, 2.75) is 38.3 Å². The van der Waals surface area contributed by atoms with Crippen LogP contribution in [0.2, 0.25) is 0 Å². The summed E-state index contributed by atoms with van der Waals surface area (Å²) >= 11 is 0. The third-order valence-corrected chi connectivity index (χ3v) is 6.49. The van der Waals surface area contributed by atoms with Gasteiger partial charge in [-0.25, -0.2) is 13.4 Å². The topological polar surface area (TPSA) is 128 Å². The molecule has 2 fully saturated rings. The first-order valence-electron chi connectivity index (χ1n) is 9.01. The summed E-state index contributed by atoms with van der Waals surface area (Å²) in [5.74, 6) is -2.22. The van der Waals surface area contributed by atoms with Crippen molar-refractivity contribution in [1.82, 2.24) is 15.4 Å². The van der Waals surface area contributed by atoms with Crippen LogP contribution in [0.15, 0.2) is 12.1 Å². The summed E-state index contributed by atoms with van der Waals surface area (Å²) in [7, 11) is -2.58. The van der Waals surface area contributed by atoms with E-state index in [1.165, 1.54) is 6.07 Å². The van der Waals surface area contributed by atoms with Gasteiger partial charge in [-0.05, 0) is 43.4 Å². The number of anilines is 1. The zero-order chi connectivity index (χ0) is 20.5. The van der Waals surface area contributed by atoms with Crippen molar-refractivity contribution in [3.05, 3.63) is 23.5 Å². The van der Waals surface area contributed by atoms with Crippen LogP contribution in [-0.2, 0) is 26.3 Å². The Morgan fingerprint density at radius 3 is 2.54 bits per heavy atom. The molecule has 2 aliphatic rings. The Bertz CT molecular complexity index is 861. The molecule has 28 heavy (non-hydrogen) atoms. The summed E-state index contributed by atoms with van der Waals surface area (Å²) in [4.78, 5) is 23.0. The van der Waals surface area contributed by atoms with Crippen LogP contribution in [0.1, 0.15) is 31.2 Å². The van der Waals surface area contributed by atoms with Crippen molar-refractivity contribution in [3.8, 4) is 5.75 Å².